The largest absolute Gasteiger partial charge is 0.465 e. The van der Waals surface area contributed by atoms with E-state index in [1.807, 2.05) is 6.92 Å². The van der Waals surface area contributed by atoms with E-state index in [0.717, 1.165) is 32.2 Å². The van der Waals surface area contributed by atoms with Crippen molar-refractivity contribution in [3.05, 3.63) is 0 Å². The molecule has 0 bridgehead atoms. The monoisotopic (exact) mass is 271 g/mol. The molecule has 2 aliphatic rings. The third-order valence-electron chi connectivity index (χ3n) is 3.82. The molecule has 5 nitrogen and oxygen atoms in total. The Bertz CT molecular complexity index is 302. The van der Waals surface area contributed by atoms with Gasteiger partial charge in [0.15, 0.2) is 5.79 Å². The van der Waals surface area contributed by atoms with Crippen LogP contribution in [0.1, 0.15) is 39.5 Å². The fourth-order valence-corrected chi connectivity index (χ4v) is 2.98. The maximum atomic E-state index is 12.1. The highest BCUT2D eigenvalue weighted by Crippen LogP contribution is 2.31. The highest BCUT2D eigenvalue weighted by molar-refractivity contribution is 5.75. The molecule has 0 aromatic rings. The predicted molar refractivity (Wildman–Crippen MR) is 70.8 cm³/mol. The average molecular weight is 271 g/mol. The molecule has 0 aliphatic carbocycles. The van der Waals surface area contributed by atoms with Crippen LogP contribution in [0, 0.1) is 0 Å². The van der Waals surface area contributed by atoms with E-state index in [1.54, 1.807) is 0 Å². The van der Waals surface area contributed by atoms with Gasteiger partial charge in [-0.2, -0.15) is 0 Å². The van der Waals surface area contributed by atoms with Crippen LogP contribution < -0.4 is 0 Å². The van der Waals surface area contributed by atoms with Crippen molar-refractivity contribution in [1.82, 2.24) is 4.90 Å². The molecule has 2 saturated heterocycles. The van der Waals surface area contributed by atoms with Crippen LogP contribution in [0.2, 0.25) is 0 Å². The van der Waals surface area contributed by atoms with E-state index >= 15 is 0 Å². The Kier molecular flexibility index (Phi) is 5.19. The lowest BCUT2D eigenvalue weighted by atomic mass is 10.0. The number of piperidine rings is 1. The number of carbonyl (C=O) groups excluding carboxylic acids is 1. The van der Waals surface area contributed by atoms with Gasteiger partial charge < -0.3 is 14.2 Å². The minimum Gasteiger partial charge on any atom is -0.465 e. The summed E-state index contributed by atoms with van der Waals surface area (Å²) < 4.78 is 16.7. The van der Waals surface area contributed by atoms with Gasteiger partial charge in [-0.3, -0.25) is 9.69 Å². The first-order valence-corrected chi connectivity index (χ1v) is 7.39. The highest BCUT2D eigenvalue weighted by atomic mass is 16.7. The van der Waals surface area contributed by atoms with E-state index in [4.69, 9.17) is 14.2 Å². The van der Waals surface area contributed by atoms with Gasteiger partial charge in [-0.25, -0.2) is 0 Å². The summed E-state index contributed by atoms with van der Waals surface area (Å²) in [4.78, 5) is 14.3. The van der Waals surface area contributed by atoms with Gasteiger partial charge in [-0.15, -0.1) is 0 Å². The van der Waals surface area contributed by atoms with Crippen molar-refractivity contribution >= 4 is 5.97 Å². The zero-order valence-corrected chi connectivity index (χ0v) is 12.0. The molecule has 2 rings (SSSR count). The predicted octanol–water partition coefficient (Wildman–Crippen LogP) is 1.56. The third-order valence-corrected chi connectivity index (χ3v) is 3.82. The minimum atomic E-state index is -0.475. The smallest absolute Gasteiger partial charge is 0.323 e. The summed E-state index contributed by atoms with van der Waals surface area (Å²) >= 11 is 0. The number of rotatable bonds is 5. The van der Waals surface area contributed by atoms with Gasteiger partial charge >= 0.3 is 5.97 Å². The number of ether oxygens (including phenoxy) is 3. The summed E-state index contributed by atoms with van der Waals surface area (Å²) in [6.45, 7) is 7.28. The molecule has 2 heterocycles. The van der Waals surface area contributed by atoms with Crippen molar-refractivity contribution < 1.29 is 19.0 Å². The van der Waals surface area contributed by atoms with Gasteiger partial charge in [0, 0.05) is 6.42 Å². The Morgan fingerprint density at radius 2 is 2.11 bits per heavy atom. The first-order chi connectivity index (χ1) is 9.21. The van der Waals surface area contributed by atoms with Crippen LogP contribution in [0.4, 0.5) is 0 Å². The number of likely N-dealkylation sites (tertiary alicyclic amines) is 1. The third kappa shape index (κ3) is 3.46. The van der Waals surface area contributed by atoms with E-state index < -0.39 is 5.79 Å². The maximum absolute atomic E-state index is 12.1. The molecule has 19 heavy (non-hydrogen) atoms. The van der Waals surface area contributed by atoms with Crippen LogP contribution in [0.3, 0.4) is 0 Å². The van der Waals surface area contributed by atoms with Gasteiger partial charge in [-0.05, 0) is 26.3 Å². The SMILES string of the molecule is CCCC(C(=O)OCC)N1CCCC2(C1)OCCO2. The second kappa shape index (κ2) is 6.68. The van der Waals surface area contributed by atoms with Crippen molar-refractivity contribution in [1.29, 1.82) is 0 Å². The van der Waals surface area contributed by atoms with Gasteiger partial charge in [0.2, 0.25) is 0 Å². The first kappa shape index (κ1) is 14.8. The van der Waals surface area contributed by atoms with Crippen molar-refractivity contribution in [3.63, 3.8) is 0 Å². The molecule has 0 amide bonds. The normalized spacial score (nSPS) is 24.5. The summed E-state index contributed by atoms with van der Waals surface area (Å²) in [6, 6.07) is -0.157. The molecule has 0 aromatic heterocycles. The van der Waals surface area contributed by atoms with Gasteiger partial charge in [0.05, 0.1) is 26.4 Å². The Labute approximate surface area is 115 Å². The quantitative estimate of drug-likeness (QED) is 0.710. The molecule has 2 fully saturated rings. The highest BCUT2D eigenvalue weighted by Gasteiger charge is 2.43. The molecular weight excluding hydrogens is 246 g/mol. The second-order valence-electron chi connectivity index (χ2n) is 5.24. The summed E-state index contributed by atoms with van der Waals surface area (Å²) in [5.41, 5.74) is 0. The second-order valence-corrected chi connectivity index (χ2v) is 5.24. The van der Waals surface area contributed by atoms with Crippen LogP contribution in [-0.4, -0.2) is 55.6 Å². The Morgan fingerprint density at radius 3 is 2.74 bits per heavy atom. The molecule has 110 valence electrons. The van der Waals surface area contributed by atoms with E-state index in [1.165, 1.54) is 0 Å². The van der Waals surface area contributed by atoms with Crippen molar-refractivity contribution in [2.45, 2.75) is 51.4 Å². The Morgan fingerprint density at radius 1 is 1.37 bits per heavy atom. The summed E-state index contributed by atoms with van der Waals surface area (Å²) in [7, 11) is 0. The van der Waals surface area contributed by atoms with Crippen molar-refractivity contribution in [2.75, 3.05) is 32.9 Å². The molecule has 0 aromatic carbocycles. The molecular formula is C14H25NO4. The van der Waals surface area contributed by atoms with Crippen LogP contribution in [0.15, 0.2) is 0 Å². The lowest BCUT2D eigenvalue weighted by Gasteiger charge is -2.41. The number of hydrogen-bond donors (Lipinski definition) is 0. The molecule has 0 saturated carbocycles. The van der Waals surface area contributed by atoms with Gasteiger partial charge in [0.1, 0.15) is 6.04 Å². The zero-order valence-electron chi connectivity index (χ0n) is 12.0. The molecule has 1 spiro atoms. The lowest BCUT2D eigenvalue weighted by Crippen LogP contribution is -2.54. The lowest BCUT2D eigenvalue weighted by molar-refractivity contribution is -0.197. The standard InChI is InChI=1S/C14H25NO4/c1-3-6-12(13(16)17-4-2)15-8-5-7-14(11-15)18-9-10-19-14/h12H,3-11H2,1-2H3. The molecule has 1 atom stereocenters. The van der Waals surface area contributed by atoms with E-state index in [9.17, 15) is 4.79 Å². The van der Waals surface area contributed by atoms with Crippen LogP contribution in [0.5, 0.6) is 0 Å². The van der Waals surface area contributed by atoms with Crippen LogP contribution in [-0.2, 0) is 19.0 Å². The zero-order chi connectivity index (χ0) is 13.7. The molecule has 0 N–H and O–H groups in total. The summed E-state index contributed by atoms with van der Waals surface area (Å²) in [5.74, 6) is -0.587. The number of hydrogen-bond acceptors (Lipinski definition) is 5. The summed E-state index contributed by atoms with van der Waals surface area (Å²) in [5, 5.41) is 0. The fraction of sp³-hybridized carbons (Fsp3) is 0.929. The van der Waals surface area contributed by atoms with E-state index in [2.05, 4.69) is 11.8 Å². The van der Waals surface area contributed by atoms with Gasteiger partial charge in [0.25, 0.3) is 0 Å². The molecule has 5 heteroatoms. The maximum Gasteiger partial charge on any atom is 0.323 e. The Balaban J connectivity index is 2.01. The first-order valence-electron chi connectivity index (χ1n) is 7.39. The Hall–Kier alpha value is -0.650. The molecule has 1 unspecified atom stereocenters. The van der Waals surface area contributed by atoms with Gasteiger partial charge in [-0.1, -0.05) is 13.3 Å². The number of nitrogens with zero attached hydrogens (tertiary/aromatic N) is 1. The van der Waals surface area contributed by atoms with E-state index in [0.29, 0.717) is 26.4 Å². The van der Waals surface area contributed by atoms with Crippen LogP contribution in [0.25, 0.3) is 0 Å². The molecule has 0 radical (unpaired) electrons. The molecule has 2 aliphatic heterocycles. The van der Waals surface area contributed by atoms with Crippen molar-refractivity contribution in [3.8, 4) is 0 Å². The van der Waals surface area contributed by atoms with Crippen molar-refractivity contribution in [2.24, 2.45) is 0 Å². The number of carbonyl (C=O) groups is 1. The average Bonchev–Trinajstić information content (AvgIpc) is 2.84. The van der Waals surface area contributed by atoms with E-state index in [-0.39, 0.29) is 12.0 Å². The van der Waals surface area contributed by atoms with Crippen LogP contribution >= 0.6 is 0 Å². The topological polar surface area (TPSA) is 48.0 Å². The minimum absolute atomic E-state index is 0.112. The fourth-order valence-electron chi connectivity index (χ4n) is 2.98. The summed E-state index contributed by atoms with van der Waals surface area (Å²) in [6.07, 6.45) is 3.72. The number of esters is 1.